The lowest BCUT2D eigenvalue weighted by molar-refractivity contribution is -0.132. The second-order valence-corrected chi connectivity index (χ2v) is 5.12. The van der Waals surface area contributed by atoms with E-state index in [1.54, 1.807) is 10.5 Å². The molecular weight excluding hydrogens is 286 g/mol. The largest absolute Gasteiger partial charge is 0.477 e. The zero-order chi connectivity index (χ0) is 14.8. The molecule has 2 aromatic heterocycles. The number of hydrogen-bond donors (Lipinski definition) is 1. The lowest BCUT2D eigenvalue weighted by atomic mass is 10.1. The van der Waals surface area contributed by atoms with Crippen molar-refractivity contribution in [2.24, 2.45) is 0 Å². The van der Waals surface area contributed by atoms with Crippen LogP contribution in [0, 0.1) is 11.3 Å². The van der Waals surface area contributed by atoms with Gasteiger partial charge in [-0.3, -0.25) is 4.40 Å². The van der Waals surface area contributed by atoms with E-state index in [1.807, 2.05) is 41.9 Å². The maximum absolute atomic E-state index is 11.1. The van der Waals surface area contributed by atoms with Gasteiger partial charge in [-0.25, -0.2) is 9.78 Å². The number of carboxylic acids is 1. The molecule has 0 aliphatic rings. The number of fused-ring (bicyclic) bond motifs is 1. The number of aromatic nitrogens is 2. The number of hydrogen-bond acceptors (Lipinski definition) is 4. The molecule has 0 amide bonds. The Hall–Kier alpha value is -2.91. The first kappa shape index (κ1) is 13.1. The Bertz CT molecular complexity index is 885. The number of thiazole rings is 1. The van der Waals surface area contributed by atoms with E-state index in [-0.39, 0.29) is 5.57 Å². The molecule has 0 bridgehead atoms. The van der Waals surface area contributed by atoms with Crippen molar-refractivity contribution in [3.63, 3.8) is 0 Å². The van der Waals surface area contributed by atoms with Crippen molar-refractivity contribution in [3.8, 4) is 17.3 Å². The van der Waals surface area contributed by atoms with E-state index in [1.165, 1.54) is 17.4 Å². The van der Waals surface area contributed by atoms with E-state index >= 15 is 0 Å². The molecule has 0 unspecified atom stereocenters. The highest BCUT2D eigenvalue weighted by Crippen LogP contribution is 2.28. The second-order valence-electron chi connectivity index (χ2n) is 4.24. The minimum Gasteiger partial charge on any atom is -0.477 e. The van der Waals surface area contributed by atoms with Crippen molar-refractivity contribution in [1.82, 2.24) is 9.38 Å². The molecule has 21 heavy (non-hydrogen) atoms. The molecule has 0 saturated heterocycles. The topological polar surface area (TPSA) is 78.4 Å². The average Bonchev–Trinajstić information content (AvgIpc) is 3.06. The Morgan fingerprint density at radius 2 is 2.14 bits per heavy atom. The first-order valence-electron chi connectivity index (χ1n) is 6.07. The summed E-state index contributed by atoms with van der Waals surface area (Å²) < 4.78 is 1.78. The summed E-state index contributed by atoms with van der Waals surface area (Å²) in [5.41, 5.74) is 1.82. The van der Waals surface area contributed by atoms with Gasteiger partial charge in [-0.2, -0.15) is 5.26 Å². The number of imidazole rings is 1. The molecule has 0 saturated carbocycles. The van der Waals surface area contributed by atoms with Crippen LogP contribution < -0.4 is 0 Å². The normalized spacial score (nSPS) is 11.5. The highest BCUT2D eigenvalue weighted by Gasteiger charge is 2.15. The molecule has 3 rings (SSSR count). The van der Waals surface area contributed by atoms with Crippen molar-refractivity contribution < 1.29 is 9.90 Å². The maximum atomic E-state index is 11.1. The van der Waals surface area contributed by atoms with Crippen LogP contribution in [0.2, 0.25) is 0 Å². The monoisotopic (exact) mass is 295 g/mol. The molecule has 5 nitrogen and oxygen atoms in total. The molecule has 1 aromatic carbocycles. The van der Waals surface area contributed by atoms with E-state index in [9.17, 15) is 4.79 Å². The molecule has 6 heteroatoms. The number of benzene rings is 1. The van der Waals surface area contributed by atoms with E-state index in [0.717, 1.165) is 10.5 Å². The third kappa shape index (κ3) is 2.30. The molecule has 0 atom stereocenters. The number of carbonyl (C=O) groups is 1. The SMILES string of the molecule is N#C/C(=C\c1c(-c2ccccc2)nc2sccn12)C(=O)O. The fourth-order valence-corrected chi connectivity index (χ4v) is 2.75. The summed E-state index contributed by atoms with van der Waals surface area (Å²) in [7, 11) is 0. The third-order valence-electron chi connectivity index (χ3n) is 2.98. The van der Waals surface area contributed by atoms with Gasteiger partial charge in [-0.1, -0.05) is 30.3 Å². The highest BCUT2D eigenvalue weighted by atomic mass is 32.1. The fraction of sp³-hybridized carbons (Fsp3) is 0. The van der Waals surface area contributed by atoms with Crippen molar-refractivity contribution in [2.75, 3.05) is 0 Å². The molecule has 0 radical (unpaired) electrons. The van der Waals surface area contributed by atoms with E-state index < -0.39 is 5.97 Å². The van der Waals surface area contributed by atoms with Crippen LogP contribution >= 0.6 is 11.3 Å². The molecule has 1 N–H and O–H groups in total. The van der Waals surface area contributed by atoms with Crippen LogP contribution in [0.3, 0.4) is 0 Å². The van der Waals surface area contributed by atoms with Gasteiger partial charge in [0.2, 0.25) is 0 Å². The molecule has 2 heterocycles. The summed E-state index contributed by atoms with van der Waals surface area (Å²) in [5, 5.41) is 19.9. The minimum atomic E-state index is -1.25. The van der Waals surface area contributed by atoms with Gasteiger partial charge in [0.25, 0.3) is 0 Å². The number of carboxylic acid groups (broad SMARTS) is 1. The predicted molar refractivity (Wildman–Crippen MR) is 79.7 cm³/mol. The molecule has 3 aromatic rings. The summed E-state index contributed by atoms with van der Waals surface area (Å²) in [6.07, 6.45) is 3.17. The van der Waals surface area contributed by atoms with Gasteiger partial charge in [0.05, 0.1) is 11.4 Å². The summed E-state index contributed by atoms with van der Waals surface area (Å²) in [4.78, 5) is 16.3. The lowest BCUT2D eigenvalue weighted by Crippen LogP contribution is -1.98. The smallest absolute Gasteiger partial charge is 0.346 e. The van der Waals surface area contributed by atoms with Crippen LogP contribution in [0.25, 0.3) is 22.3 Å². The van der Waals surface area contributed by atoms with Gasteiger partial charge in [0.15, 0.2) is 4.96 Å². The van der Waals surface area contributed by atoms with Gasteiger partial charge >= 0.3 is 5.97 Å². The van der Waals surface area contributed by atoms with Gasteiger partial charge in [-0.15, -0.1) is 11.3 Å². The number of nitrogens with zero attached hydrogens (tertiary/aromatic N) is 3. The number of nitriles is 1. The summed E-state index contributed by atoms with van der Waals surface area (Å²) in [6.45, 7) is 0. The fourth-order valence-electron chi connectivity index (χ4n) is 2.03. The van der Waals surface area contributed by atoms with Crippen LogP contribution in [0.1, 0.15) is 5.69 Å². The summed E-state index contributed by atoms with van der Waals surface area (Å²) in [5.74, 6) is -1.25. The Morgan fingerprint density at radius 1 is 1.38 bits per heavy atom. The molecule has 0 aliphatic heterocycles. The van der Waals surface area contributed by atoms with E-state index in [0.29, 0.717) is 11.4 Å². The second kappa shape index (κ2) is 5.23. The van der Waals surface area contributed by atoms with E-state index in [2.05, 4.69) is 4.98 Å². The van der Waals surface area contributed by atoms with Gasteiger partial charge < -0.3 is 5.11 Å². The zero-order valence-electron chi connectivity index (χ0n) is 10.7. The molecule has 0 spiro atoms. The first-order valence-corrected chi connectivity index (χ1v) is 6.94. The zero-order valence-corrected chi connectivity index (χ0v) is 11.5. The summed E-state index contributed by atoms with van der Waals surface area (Å²) >= 11 is 1.45. The standard InChI is InChI=1S/C15H9N3O2S/c16-9-11(14(19)20)8-12-13(10-4-2-1-3-5-10)17-15-18(12)6-7-21-15/h1-8H,(H,19,20)/b11-8+. The van der Waals surface area contributed by atoms with Gasteiger partial charge in [-0.05, 0) is 6.08 Å². The van der Waals surface area contributed by atoms with E-state index in [4.69, 9.17) is 10.4 Å². The average molecular weight is 295 g/mol. The Balaban J connectivity index is 2.27. The minimum absolute atomic E-state index is 0.319. The van der Waals surface area contributed by atoms with Gasteiger partial charge in [0, 0.05) is 17.1 Å². The number of aliphatic carboxylic acids is 1. The summed E-state index contributed by atoms with van der Waals surface area (Å²) in [6, 6.07) is 11.2. The molecule has 0 fully saturated rings. The van der Waals surface area contributed by atoms with Gasteiger partial charge in [0.1, 0.15) is 11.6 Å². The molecule has 0 aliphatic carbocycles. The predicted octanol–water partition coefficient (Wildman–Crippen LogP) is 3.05. The van der Waals surface area contributed by atoms with Crippen LogP contribution in [-0.2, 0) is 4.79 Å². The Labute approximate surface area is 124 Å². The lowest BCUT2D eigenvalue weighted by Gasteiger charge is -2.00. The Morgan fingerprint density at radius 3 is 2.81 bits per heavy atom. The maximum Gasteiger partial charge on any atom is 0.346 e. The van der Waals surface area contributed by atoms with Crippen LogP contribution in [-0.4, -0.2) is 20.5 Å². The Kier molecular flexibility index (Phi) is 3.26. The van der Waals surface area contributed by atoms with Crippen LogP contribution in [0.5, 0.6) is 0 Å². The van der Waals surface area contributed by atoms with Crippen molar-refractivity contribution in [1.29, 1.82) is 5.26 Å². The van der Waals surface area contributed by atoms with Crippen LogP contribution in [0.4, 0.5) is 0 Å². The first-order chi connectivity index (χ1) is 10.2. The third-order valence-corrected chi connectivity index (χ3v) is 3.73. The van der Waals surface area contributed by atoms with Crippen molar-refractivity contribution >= 4 is 28.3 Å². The van der Waals surface area contributed by atoms with Crippen molar-refractivity contribution in [3.05, 3.63) is 53.2 Å². The van der Waals surface area contributed by atoms with Crippen molar-refractivity contribution in [2.45, 2.75) is 0 Å². The quantitative estimate of drug-likeness (QED) is 0.595. The number of rotatable bonds is 3. The molecule has 102 valence electrons. The highest BCUT2D eigenvalue weighted by molar-refractivity contribution is 7.15. The molecular formula is C15H9N3O2S. The van der Waals surface area contributed by atoms with Crippen LogP contribution in [0.15, 0.2) is 47.5 Å².